The summed E-state index contributed by atoms with van der Waals surface area (Å²) in [7, 11) is 2.03. The van der Waals surface area contributed by atoms with Crippen LogP contribution in [0.4, 0.5) is 5.82 Å². The second kappa shape index (κ2) is 5.25. The maximum atomic E-state index is 5.33. The Morgan fingerprint density at radius 1 is 1.25 bits per heavy atom. The van der Waals surface area contributed by atoms with E-state index in [1.54, 1.807) is 0 Å². The monoisotopic (exact) mass is 331 g/mol. The van der Waals surface area contributed by atoms with Crippen LogP contribution in [0.1, 0.15) is 11.3 Å². The van der Waals surface area contributed by atoms with Crippen LogP contribution >= 0.6 is 15.9 Å². The lowest BCUT2D eigenvalue weighted by atomic mass is 10.2. The van der Waals surface area contributed by atoms with E-state index >= 15 is 0 Å². The predicted molar refractivity (Wildman–Crippen MR) is 82.8 cm³/mol. The summed E-state index contributed by atoms with van der Waals surface area (Å²) in [6.45, 7) is 2.76. The van der Waals surface area contributed by atoms with E-state index in [1.165, 1.54) is 12.0 Å². The third-order valence-electron chi connectivity index (χ3n) is 3.21. The van der Waals surface area contributed by atoms with Gasteiger partial charge in [0.05, 0.1) is 5.69 Å². The van der Waals surface area contributed by atoms with Crippen molar-refractivity contribution in [3.8, 4) is 0 Å². The molecule has 0 unspecified atom stereocenters. The van der Waals surface area contributed by atoms with Crippen LogP contribution in [0, 0.1) is 6.92 Å². The Kier molecular flexibility index (Phi) is 3.44. The summed E-state index contributed by atoms with van der Waals surface area (Å²) in [5.74, 6) is 0.948. The van der Waals surface area contributed by atoms with E-state index in [9.17, 15) is 0 Å². The van der Waals surface area contributed by atoms with Crippen molar-refractivity contribution in [3.05, 3.63) is 52.5 Å². The predicted octanol–water partition coefficient (Wildman–Crippen LogP) is 3.93. The van der Waals surface area contributed by atoms with Crippen molar-refractivity contribution in [1.82, 2.24) is 9.97 Å². The Balaban J connectivity index is 1.83. The van der Waals surface area contributed by atoms with Gasteiger partial charge in [-0.25, -0.2) is 9.97 Å². The molecule has 4 nitrogen and oxygen atoms in total. The van der Waals surface area contributed by atoms with Gasteiger partial charge in [0.15, 0.2) is 12.0 Å². The molecule has 1 aromatic carbocycles. The van der Waals surface area contributed by atoms with Crippen LogP contribution in [0.15, 0.2) is 45.6 Å². The van der Waals surface area contributed by atoms with Gasteiger partial charge in [0.25, 0.3) is 0 Å². The van der Waals surface area contributed by atoms with Crippen molar-refractivity contribution >= 4 is 32.8 Å². The molecule has 2 heterocycles. The van der Waals surface area contributed by atoms with Crippen LogP contribution in [-0.4, -0.2) is 17.0 Å². The van der Waals surface area contributed by atoms with Crippen LogP contribution < -0.4 is 4.90 Å². The highest BCUT2D eigenvalue weighted by Gasteiger charge is 2.07. The largest absolute Gasteiger partial charge is 0.443 e. The number of hydrogen-bond donors (Lipinski definition) is 0. The van der Waals surface area contributed by atoms with Gasteiger partial charge in [-0.15, -0.1) is 0 Å². The third-order valence-corrected chi connectivity index (χ3v) is 4.05. The Labute approximate surface area is 125 Å². The van der Waals surface area contributed by atoms with E-state index in [1.807, 2.05) is 38.2 Å². The fourth-order valence-corrected chi connectivity index (χ4v) is 2.32. The Hall–Kier alpha value is -1.88. The molecule has 0 bridgehead atoms. The van der Waals surface area contributed by atoms with E-state index in [0.29, 0.717) is 0 Å². The minimum absolute atomic E-state index is 0.769. The lowest BCUT2D eigenvalue weighted by Crippen LogP contribution is -2.17. The van der Waals surface area contributed by atoms with Crippen molar-refractivity contribution in [1.29, 1.82) is 0 Å². The number of nitrogens with zero attached hydrogens (tertiary/aromatic N) is 3. The number of rotatable bonds is 3. The molecule has 3 rings (SSSR count). The minimum atomic E-state index is 0.769. The number of anilines is 1. The zero-order valence-corrected chi connectivity index (χ0v) is 12.9. The Morgan fingerprint density at radius 3 is 2.90 bits per heavy atom. The first-order chi connectivity index (χ1) is 9.63. The van der Waals surface area contributed by atoms with Crippen LogP contribution in [0.2, 0.25) is 0 Å². The average Bonchev–Trinajstić information content (AvgIpc) is 2.89. The first kappa shape index (κ1) is 13.1. The van der Waals surface area contributed by atoms with E-state index in [4.69, 9.17) is 4.42 Å². The molecule has 0 aliphatic heterocycles. The summed E-state index contributed by atoms with van der Waals surface area (Å²) in [5.41, 5.74) is 3.85. The van der Waals surface area contributed by atoms with Crippen molar-refractivity contribution in [2.24, 2.45) is 0 Å². The second-order valence-electron chi connectivity index (χ2n) is 4.75. The first-order valence-corrected chi connectivity index (χ1v) is 7.09. The van der Waals surface area contributed by atoms with Gasteiger partial charge in [-0.1, -0.05) is 6.07 Å². The summed E-state index contributed by atoms with van der Waals surface area (Å²) < 4.78 is 6.35. The number of hydrogen-bond acceptors (Lipinski definition) is 4. The standard InChI is InChI=1S/C15H14BrN3O/c1-10-12(16)4-6-15(18-10)19(2)8-11-3-5-13-14(7-11)20-9-17-13/h3-7,9H,8H2,1-2H3. The van der Waals surface area contributed by atoms with Gasteiger partial charge in [0.1, 0.15) is 11.3 Å². The van der Waals surface area contributed by atoms with Gasteiger partial charge in [0.2, 0.25) is 0 Å². The molecule has 0 radical (unpaired) electrons. The molecular weight excluding hydrogens is 318 g/mol. The molecule has 0 amide bonds. The van der Waals surface area contributed by atoms with Crippen LogP contribution in [0.3, 0.4) is 0 Å². The molecule has 0 aliphatic rings. The quantitative estimate of drug-likeness (QED) is 0.729. The van der Waals surface area contributed by atoms with Crippen molar-refractivity contribution in [3.63, 3.8) is 0 Å². The number of oxazole rings is 1. The first-order valence-electron chi connectivity index (χ1n) is 6.30. The van der Waals surface area contributed by atoms with E-state index in [2.05, 4.69) is 36.9 Å². The molecule has 0 saturated heterocycles. The van der Waals surface area contributed by atoms with Crippen LogP contribution in [0.25, 0.3) is 11.1 Å². The highest BCUT2D eigenvalue weighted by Crippen LogP contribution is 2.21. The highest BCUT2D eigenvalue weighted by molar-refractivity contribution is 9.10. The summed E-state index contributed by atoms with van der Waals surface area (Å²) in [6.07, 6.45) is 1.47. The molecule has 0 aliphatic carbocycles. The van der Waals surface area contributed by atoms with E-state index in [0.717, 1.165) is 33.6 Å². The topological polar surface area (TPSA) is 42.2 Å². The zero-order chi connectivity index (χ0) is 14.1. The fraction of sp³-hybridized carbons (Fsp3) is 0.200. The van der Waals surface area contributed by atoms with Crippen molar-refractivity contribution < 1.29 is 4.42 Å². The average molecular weight is 332 g/mol. The lowest BCUT2D eigenvalue weighted by molar-refractivity contribution is 0.601. The molecule has 5 heteroatoms. The van der Waals surface area contributed by atoms with Gasteiger partial charge in [-0.05, 0) is 52.7 Å². The molecule has 3 aromatic rings. The second-order valence-corrected chi connectivity index (χ2v) is 5.60. The number of halogens is 1. The fourth-order valence-electron chi connectivity index (χ4n) is 2.10. The Bertz CT molecular complexity index is 754. The summed E-state index contributed by atoms with van der Waals surface area (Å²) in [4.78, 5) is 10.8. The van der Waals surface area contributed by atoms with Crippen molar-refractivity contribution in [2.75, 3.05) is 11.9 Å². The summed E-state index contributed by atoms with van der Waals surface area (Å²) >= 11 is 3.47. The van der Waals surface area contributed by atoms with Crippen molar-refractivity contribution in [2.45, 2.75) is 13.5 Å². The molecular formula is C15H14BrN3O. The minimum Gasteiger partial charge on any atom is -0.443 e. The van der Waals surface area contributed by atoms with E-state index in [-0.39, 0.29) is 0 Å². The maximum absolute atomic E-state index is 5.33. The maximum Gasteiger partial charge on any atom is 0.181 e. The molecule has 0 atom stereocenters. The molecule has 0 saturated carbocycles. The Morgan fingerprint density at radius 2 is 2.10 bits per heavy atom. The number of aryl methyl sites for hydroxylation is 1. The number of benzene rings is 1. The molecule has 0 fully saturated rings. The highest BCUT2D eigenvalue weighted by atomic mass is 79.9. The van der Waals surface area contributed by atoms with Gasteiger partial charge < -0.3 is 9.32 Å². The molecule has 102 valence electrons. The molecule has 0 spiro atoms. The van der Waals surface area contributed by atoms with Gasteiger partial charge in [-0.2, -0.15) is 0 Å². The van der Waals surface area contributed by atoms with Crippen LogP contribution in [0.5, 0.6) is 0 Å². The third kappa shape index (κ3) is 2.54. The smallest absolute Gasteiger partial charge is 0.181 e. The van der Waals surface area contributed by atoms with Gasteiger partial charge in [0, 0.05) is 18.1 Å². The SMILES string of the molecule is Cc1nc(N(C)Cc2ccc3ncoc3c2)ccc1Br. The zero-order valence-electron chi connectivity index (χ0n) is 11.3. The number of aromatic nitrogens is 2. The molecule has 0 N–H and O–H groups in total. The number of pyridine rings is 1. The van der Waals surface area contributed by atoms with E-state index < -0.39 is 0 Å². The summed E-state index contributed by atoms with van der Waals surface area (Å²) in [6, 6.07) is 10.1. The van der Waals surface area contributed by atoms with Gasteiger partial charge >= 0.3 is 0 Å². The normalized spacial score (nSPS) is 10.9. The summed E-state index contributed by atoms with van der Waals surface area (Å²) in [5, 5.41) is 0. The van der Waals surface area contributed by atoms with Gasteiger partial charge in [-0.3, -0.25) is 0 Å². The number of fused-ring (bicyclic) bond motifs is 1. The molecule has 20 heavy (non-hydrogen) atoms. The molecule has 2 aromatic heterocycles. The lowest BCUT2D eigenvalue weighted by Gasteiger charge is -2.19. The van der Waals surface area contributed by atoms with Crippen LogP contribution in [-0.2, 0) is 6.54 Å².